The third kappa shape index (κ3) is 4.27. The van der Waals surface area contributed by atoms with Crippen molar-refractivity contribution in [2.24, 2.45) is 0 Å². The van der Waals surface area contributed by atoms with Gasteiger partial charge in [-0.05, 0) is 54.5 Å². The summed E-state index contributed by atoms with van der Waals surface area (Å²) in [6, 6.07) is 9.13. The van der Waals surface area contributed by atoms with Crippen molar-refractivity contribution in [1.29, 1.82) is 5.26 Å². The number of nitriles is 1. The van der Waals surface area contributed by atoms with E-state index < -0.39 is 29.6 Å². The molecule has 0 saturated heterocycles. The van der Waals surface area contributed by atoms with Crippen LogP contribution in [0.3, 0.4) is 0 Å². The molecule has 2 aromatic carbocycles. The first-order valence-electron chi connectivity index (χ1n) is 8.93. The lowest BCUT2D eigenvalue weighted by Gasteiger charge is -2.37. The lowest BCUT2D eigenvalue weighted by molar-refractivity contribution is -0.137. The number of rotatable bonds is 4. The van der Waals surface area contributed by atoms with Gasteiger partial charge < -0.3 is 10.2 Å². The molecule has 0 spiro atoms. The molecular formula is C21H17F3N4O2. The fraction of sp³-hybridized carbons (Fsp3) is 0.190. The molecule has 2 N–H and O–H groups in total. The van der Waals surface area contributed by atoms with Crippen molar-refractivity contribution in [2.45, 2.75) is 18.6 Å². The molecule has 0 saturated carbocycles. The first-order chi connectivity index (χ1) is 14.2. The van der Waals surface area contributed by atoms with Crippen LogP contribution in [0, 0.1) is 11.5 Å². The predicted molar refractivity (Wildman–Crippen MR) is 104 cm³/mol. The quantitative estimate of drug-likeness (QED) is 0.457. The number of alkyl halides is 3. The summed E-state index contributed by atoms with van der Waals surface area (Å²) in [4.78, 5) is 25.9. The smallest absolute Gasteiger partial charge is 0.348 e. The number of anilines is 2. The number of amides is 2. The molecule has 6 nitrogen and oxygen atoms in total. The van der Waals surface area contributed by atoms with Gasteiger partial charge in [0, 0.05) is 23.5 Å². The van der Waals surface area contributed by atoms with Crippen molar-refractivity contribution in [3.63, 3.8) is 0 Å². The summed E-state index contributed by atoms with van der Waals surface area (Å²) in [5.41, 5.74) is 1.14. The minimum atomic E-state index is -4.46. The number of carbonyl (C=O) groups is 2. The van der Waals surface area contributed by atoms with Crippen LogP contribution >= 0.6 is 0 Å². The fourth-order valence-corrected chi connectivity index (χ4v) is 3.43. The molecule has 9 heteroatoms. The summed E-state index contributed by atoms with van der Waals surface area (Å²) in [7, 11) is 0. The minimum Gasteiger partial charge on any atom is -0.348 e. The summed E-state index contributed by atoms with van der Waals surface area (Å²) < 4.78 is 38.8. The van der Waals surface area contributed by atoms with Gasteiger partial charge in [0.05, 0.1) is 11.6 Å². The van der Waals surface area contributed by atoms with E-state index in [2.05, 4.69) is 17.2 Å². The topological polar surface area (TPSA) is 85.2 Å². The van der Waals surface area contributed by atoms with Crippen molar-refractivity contribution >= 4 is 23.2 Å². The maximum absolute atomic E-state index is 12.9. The van der Waals surface area contributed by atoms with Gasteiger partial charge in [-0.2, -0.15) is 18.4 Å². The number of hydrogen-bond donors (Lipinski definition) is 2. The van der Waals surface area contributed by atoms with Gasteiger partial charge in [0.15, 0.2) is 6.19 Å². The highest BCUT2D eigenvalue weighted by molar-refractivity contribution is 5.98. The van der Waals surface area contributed by atoms with Gasteiger partial charge in [0.1, 0.15) is 0 Å². The number of nitrogens with zero attached hydrogens (tertiary/aromatic N) is 2. The lowest BCUT2D eigenvalue weighted by Crippen LogP contribution is -2.47. The fourth-order valence-electron chi connectivity index (χ4n) is 3.43. The maximum atomic E-state index is 12.9. The van der Waals surface area contributed by atoms with Crippen molar-refractivity contribution in [3.8, 4) is 6.19 Å². The zero-order chi connectivity index (χ0) is 21.9. The normalized spacial score (nSPS) is 15.5. The molecule has 1 atom stereocenters. The molecule has 0 radical (unpaired) electrons. The molecule has 1 aliphatic heterocycles. The average molecular weight is 414 g/mol. The first kappa shape index (κ1) is 20.9. The van der Waals surface area contributed by atoms with Crippen LogP contribution in [0.5, 0.6) is 0 Å². The van der Waals surface area contributed by atoms with Gasteiger partial charge in [-0.1, -0.05) is 12.6 Å². The van der Waals surface area contributed by atoms with Crippen LogP contribution in [0.2, 0.25) is 0 Å². The molecule has 154 valence electrons. The van der Waals surface area contributed by atoms with E-state index in [1.54, 1.807) is 29.3 Å². The Labute approximate surface area is 170 Å². The molecule has 2 amide bonds. The summed E-state index contributed by atoms with van der Waals surface area (Å²) in [6.07, 6.45) is -1.45. The molecule has 1 heterocycles. The molecule has 0 fully saturated rings. The molecule has 2 aromatic rings. The first-order valence-corrected chi connectivity index (χ1v) is 8.93. The highest BCUT2D eigenvalue weighted by Gasteiger charge is 2.32. The standard InChI is InChI=1S/C21H17F3N4O2/c1-2-19(29)27-14-10-17-16(20(30)26-12-25)4-3-5-18(17)28(11-14)15-8-6-13(7-9-15)21(22,23)24/h2-9,14H,1,10-11H2,(H,26,30)(H,27,29). The number of fused-ring (bicyclic) bond motifs is 1. The van der Waals surface area contributed by atoms with Crippen LogP contribution in [0.15, 0.2) is 55.1 Å². The zero-order valence-electron chi connectivity index (χ0n) is 15.7. The number of halogens is 3. The third-order valence-corrected chi connectivity index (χ3v) is 4.75. The van der Waals surface area contributed by atoms with Gasteiger partial charge in [0.2, 0.25) is 5.91 Å². The number of carbonyl (C=O) groups excluding carboxylic acids is 2. The number of nitrogens with one attached hydrogen (secondary N) is 2. The van der Waals surface area contributed by atoms with Crippen molar-refractivity contribution < 1.29 is 22.8 Å². The van der Waals surface area contributed by atoms with Gasteiger partial charge >= 0.3 is 6.18 Å². The molecule has 1 aliphatic rings. The monoisotopic (exact) mass is 414 g/mol. The van der Waals surface area contributed by atoms with E-state index in [1.807, 2.05) is 0 Å². The summed E-state index contributed by atoms with van der Waals surface area (Å²) in [6.45, 7) is 3.70. The molecule has 0 aliphatic carbocycles. The second-order valence-corrected chi connectivity index (χ2v) is 6.64. The second kappa shape index (κ2) is 8.29. The second-order valence-electron chi connectivity index (χ2n) is 6.64. The van der Waals surface area contributed by atoms with E-state index in [4.69, 9.17) is 5.26 Å². The summed E-state index contributed by atoms with van der Waals surface area (Å²) >= 11 is 0. The van der Waals surface area contributed by atoms with Crippen LogP contribution in [-0.4, -0.2) is 24.4 Å². The Morgan fingerprint density at radius 2 is 1.90 bits per heavy atom. The number of hydrogen-bond acceptors (Lipinski definition) is 4. The molecule has 0 aromatic heterocycles. The van der Waals surface area contributed by atoms with E-state index >= 15 is 0 Å². The van der Waals surface area contributed by atoms with Gasteiger partial charge in [-0.15, -0.1) is 0 Å². The van der Waals surface area contributed by atoms with Crippen molar-refractivity contribution in [2.75, 3.05) is 11.4 Å². The van der Waals surface area contributed by atoms with Crippen LogP contribution in [0.25, 0.3) is 0 Å². The Hall–Kier alpha value is -3.80. The Bertz CT molecular complexity index is 1030. The molecule has 30 heavy (non-hydrogen) atoms. The highest BCUT2D eigenvalue weighted by Crippen LogP contribution is 2.37. The minimum absolute atomic E-state index is 0.253. The SMILES string of the molecule is C=CC(=O)NC1Cc2c(C(=O)NC#N)cccc2N(c2ccc(C(F)(F)F)cc2)C1. The van der Waals surface area contributed by atoms with Crippen LogP contribution in [0.1, 0.15) is 21.5 Å². The largest absolute Gasteiger partial charge is 0.416 e. The Morgan fingerprint density at radius 1 is 1.20 bits per heavy atom. The molecular weight excluding hydrogens is 397 g/mol. The van der Waals surface area contributed by atoms with E-state index in [-0.39, 0.29) is 12.1 Å². The average Bonchev–Trinajstić information content (AvgIpc) is 2.72. The number of benzene rings is 2. The van der Waals surface area contributed by atoms with Crippen LogP contribution in [-0.2, 0) is 17.4 Å². The van der Waals surface area contributed by atoms with E-state index in [0.717, 1.165) is 18.2 Å². The Kier molecular flexibility index (Phi) is 5.78. The molecule has 1 unspecified atom stereocenters. The Morgan fingerprint density at radius 3 is 2.50 bits per heavy atom. The summed E-state index contributed by atoms with van der Waals surface area (Å²) in [5, 5.41) is 13.6. The molecule has 0 bridgehead atoms. The van der Waals surface area contributed by atoms with E-state index in [9.17, 15) is 22.8 Å². The van der Waals surface area contributed by atoms with Crippen LogP contribution < -0.4 is 15.5 Å². The van der Waals surface area contributed by atoms with Gasteiger partial charge in [0.25, 0.3) is 5.91 Å². The van der Waals surface area contributed by atoms with Crippen molar-refractivity contribution in [1.82, 2.24) is 10.6 Å². The summed E-state index contributed by atoms with van der Waals surface area (Å²) in [5.74, 6) is -1.01. The van der Waals surface area contributed by atoms with E-state index in [1.165, 1.54) is 12.1 Å². The Balaban J connectivity index is 2.06. The zero-order valence-corrected chi connectivity index (χ0v) is 15.7. The van der Waals surface area contributed by atoms with E-state index in [0.29, 0.717) is 23.4 Å². The third-order valence-electron chi connectivity index (χ3n) is 4.75. The maximum Gasteiger partial charge on any atom is 0.416 e. The van der Waals surface area contributed by atoms with Crippen LogP contribution in [0.4, 0.5) is 24.5 Å². The highest BCUT2D eigenvalue weighted by atomic mass is 19.4. The lowest BCUT2D eigenvalue weighted by atomic mass is 9.92. The van der Waals surface area contributed by atoms with Crippen molar-refractivity contribution in [3.05, 3.63) is 71.8 Å². The van der Waals surface area contributed by atoms with Gasteiger partial charge in [-0.25, -0.2) is 0 Å². The van der Waals surface area contributed by atoms with Gasteiger partial charge in [-0.3, -0.25) is 14.9 Å². The predicted octanol–water partition coefficient (Wildman–Crippen LogP) is 3.28. The molecule has 3 rings (SSSR count).